The molecule has 39 heavy (non-hydrogen) atoms. The number of fused-ring (bicyclic) bond motifs is 1. The van der Waals surface area contributed by atoms with Crippen LogP contribution >= 0.6 is 0 Å². The lowest BCUT2D eigenvalue weighted by molar-refractivity contribution is 0.146. The maximum atomic E-state index is 14.9. The summed E-state index contributed by atoms with van der Waals surface area (Å²) in [7, 11) is 2.96. The molecule has 0 aliphatic rings. The van der Waals surface area contributed by atoms with Crippen LogP contribution < -0.4 is 14.8 Å². The number of methoxy groups -OCH3 is 2. The predicted molar refractivity (Wildman–Crippen MR) is 138 cm³/mol. The molecule has 0 amide bonds. The monoisotopic (exact) mass is 536 g/mol. The highest BCUT2D eigenvalue weighted by molar-refractivity contribution is 5.92. The lowest BCUT2D eigenvalue weighted by Crippen LogP contribution is -2.09. The summed E-state index contributed by atoms with van der Waals surface area (Å²) in [5.41, 5.74) is 1.24. The fraction of sp³-hybridized carbons (Fsp3) is 0.185. The van der Waals surface area contributed by atoms with Gasteiger partial charge in [0, 0.05) is 48.1 Å². The van der Waals surface area contributed by atoms with Crippen LogP contribution in [0.2, 0.25) is 0 Å². The van der Waals surface area contributed by atoms with E-state index in [2.05, 4.69) is 25.4 Å². The molecule has 0 atom stereocenters. The van der Waals surface area contributed by atoms with Gasteiger partial charge in [-0.25, -0.2) is 23.7 Å². The molecule has 2 aromatic carbocycles. The number of hydrogen-bond donors (Lipinski definition) is 1. The molecule has 0 bridgehead atoms. The third-order valence-corrected chi connectivity index (χ3v) is 5.81. The average Bonchev–Trinajstić information content (AvgIpc) is 3.29. The number of para-hydroxylation sites is 1. The minimum Gasteiger partial charge on any atom is -0.491 e. The number of pyridine rings is 1. The molecule has 5 aromatic rings. The topological polar surface area (TPSA) is 96.2 Å². The minimum atomic E-state index is -0.764. The van der Waals surface area contributed by atoms with Gasteiger partial charge < -0.3 is 19.5 Å². The Morgan fingerprint density at radius 3 is 2.49 bits per heavy atom. The van der Waals surface area contributed by atoms with E-state index in [-0.39, 0.29) is 42.7 Å². The fourth-order valence-electron chi connectivity index (χ4n) is 3.96. The van der Waals surface area contributed by atoms with Gasteiger partial charge in [-0.2, -0.15) is 9.49 Å². The molecule has 0 spiro atoms. The van der Waals surface area contributed by atoms with Crippen molar-refractivity contribution in [3.05, 3.63) is 84.1 Å². The van der Waals surface area contributed by atoms with Gasteiger partial charge in [0.25, 0.3) is 0 Å². The molecule has 0 aliphatic carbocycles. The standard InChI is InChI=1S/C27H23F3N6O3/c1-37-9-10-39-17-12-20(28)19(21(29)13-17)15-36-22-6-4-3-5-18(22)25(35-36)27-32-14-23(38-2)26(34-27)33-16-7-8-31-24(30)11-16/h3-8,11-14H,9-10,15H2,1-2H3,(H,31,32,33,34). The lowest BCUT2D eigenvalue weighted by atomic mass is 10.1. The van der Waals surface area contributed by atoms with Crippen molar-refractivity contribution in [1.82, 2.24) is 24.7 Å². The van der Waals surface area contributed by atoms with E-state index in [1.54, 1.807) is 18.2 Å². The molecule has 3 heterocycles. The molecule has 0 radical (unpaired) electrons. The first-order valence-corrected chi connectivity index (χ1v) is 11.8. The molecule has 12 heteroatoms. The van der Waals surface area contributed by atoms with E-state index in [1.165, 1.54) is 37.4 Å². The second-order valence-electron chi connectivity index (χ2n) is 8.33. The molecule has 0 unspecified atom stereocenters. The fourth-order valence-corrected chi connectivity index (χ4v) is 3.96. The number of nitrogens with one attached hydrogen (secondary N) is 1. The van der Waals surface area contributed by atoms with Crippen molar-refractivity contribution in [3.63, 3.8) is 0 Å². The van der Waals surface area contributed by atoms with Gasteiger partial charge in [0.1, 0.15) is 29.7 Å². The van der Waals surface area contributed by atoms with Gasteiger partial charge in [-0.3, -0.25) is 4.68 Å². The van der Waals surface area contributed by atoms with Crippen molar-refractivity contribution < 1.29 is 27.4 Å². The molecule has 0 aliphatic heterocycles. The Morgan fingerprint density at radius 2 is 1.74 bits per heavy atom. The summed E-state index contributed by atoms with van der Waals surface area (Å²) in [6, 6.07) is 12.3. The summed E-state index contributed by atoms with van der Waals surface area (Å²) >= 11 is 0. The zero-order valence-electron chi connectivity index (χ0n) is 21.0. The largest absolute Gasteiger partial charge is 0.491 e. The van der Waals surface area contributed by atoms with E-state index >= 15 is 0 Å². The number of halogens is 3. The van der Waals surface area contributed by atoms with Crippen LogP contribution in [0.25, 0.3) is 22.4 Å². The number of anilines is 2. The van der Waals surface area contributed by atoms with Gasteiger partial charge >= 0.3 is 0 Å². The van der Waals surface area contributed by atoms with Gasteiger partial charge in [-0.15, -0.1) is 0 Å². The van der Waals surface area contributed by atoms with E-state index < -0.39 is 17.6 Å². The molecular formula is C27H23F3N6O3. The third kappa shape index (κ3) is 5.60. The van der Waals surface area contributed by atoms with Crippen LogP contribution in [0.5, 0.6) is 11.5 Å². The first-order chi connectivity index (χ1) is 19.0. The van der Waals surface area contributed by atoms with Crippen molar-refractivity contribution in [1.29, 1.82) is 0 Å². The van der Waals surface area contributed by atoms with Crippen molar-refractivity contribution in [2.45, 2.75) is 6.54 Å². The first kappa shape index (κ1) is 25.9. The molecule has 5 rings (SSSR count). The van der Waals surface area contributed by atoms with E-state index in [9.17, 15) is 13.2 Å². The van der Waals surface area contributed by atoms with E-state index in [0.29, 0.717) is 28.0 Å². The maximum absolute atomic E-state index is 14.9. The third-order valence-electron chi connectivity index (χ3n) is 5.81. The van der Waals surface area contributed by atoms with Gasteiger partial charge in [-0.1, -0.05) is 18.2 Å². The van der Waals surface area contributed by atoms with Crippen LogP contribution in [0.1, 0.15) is 5.56 Å². The number of nitrogens with zero attached hydrogens (tertiary/aromatic N) is 5. The Bertz CT molecular complexity index is 1610. The Balaban J connectivity index is 1.51. The quantitative estimate of drug-likeness (QED) is 0.194. The highest BCUT2D eigenvalue weighted by Crippen LogP contribution is 2.31. The predicted octanol–water partition coefficient (Wildman–Crippen LogP) is 5.13. The van der Waals surface area contributed by atoms with Crippen LogP contribution in [0.4, 0.5) is 24.7 Å². The van der Waals surface area contributed by atoms with Crippen molar-refractivity contribution in [2.24, 2.45) is 0 Å². The number of aromatic nitrogens is 5. The Morgan fingerprint density at radius 1 is 0.949 bits per heavy atom. The molecule has 0 saturated heterocycles. The number of ether oxygens (including phenoxy) is 3. The number of rotatable bonds is 10. The van der Waals surface area contributed by atoms with Gasteiger partial charge in [-0.05, 0) is 12.1 Å². The van der Waals surface area contributed by atoms with Crippen LogP contribution in [-0.2, 0) is 11.3 Å². The second kappa shape index (κ2) is 11.4. The zero-order chi connectivity index (χ0) is 27.4. The Kier molecular flexibility index (Phi) is 7.55. The molecule has 200 valence electrons. The maximum Gasteiger partial charge on any atom is 0.214 e. The summed E-state index contributed by atoms with van der Waals surface area (Å²) in [4.78, 5) is 12.5. The Hall–Kier alpha value is -4.71. The zero-order valence-corrected chi connectivity index (χ0v) is 21.0. The van der Waals surface area contributed by atoms with Gasteiger partial charge in [0.2, 0.25) is 5.95 Å². The summed E-state index contributed by atoms with van der Waals surface area (Å²) in [6.45, 7) is 0.266. The van der Waals surface area contributed by atoms with E-state index in [4.69, 9.17) is 14.2 Å². The number of benzene rings is 2. The summed E-state index contributed by atoms with van der Waals surface area (Å²) in [5, 5.41) is 8.28. The minimum absolute atomic E-state index is 0.0672. The smallest absolute Gasteiger partial charge is 0.214 e. The van der Waals surface area contributed by atoms with Crippen molar-refractivity contribution >= 4 is 22.4 Å². The average molecular weight is 537 g/mol. The van der Waals surface area contributed by atoms with Gasteiger partial charge in [0.15, 0.2) is 17.4 Å². The van der Waals surface area contributed by atoms with Crippen molar-refractivity contribution in [2.75, 3.05) is 32.8 Å². The molecule has 9 nitrogen and oxygen atoms in total. The summed E-state index contributed by atoms with van der Waals surface area (Å²) in [6.07, 6.45) is 2.77. The normalized spacial score (nSPS) is 11.1. The highest BCUT2D eigenvalue weighted by Gasteiger charge is 2.20. The number of hydrogen-bond acceptors (Lipinski definition) is 8. The first-order valence-electron chi connectivity index (χ1n) is 11.8. The second-order valence-corrected chi connectivity index (χ2v) is 8.33. The molecular weight excluding hydrogens is 513 g/mol. The highest BCUT2D eigenvalue weighted by atomic mass is 19.1. The molecule has 1 N–H and O–H groups in total. The van der Waals surface area contributed by atoms with E-state index in [1.807, 2.05) is 12.1 Å². The summed E-state index contributed by atoms with van der Waals surface area (Å²) < 4.78 is 60.6. The molecule has 3 aromatic heterocycles. The summed E-state index contributed by atoms with van der Waals surface area (Å²) in [5.74, 6) is -1.31. The van der Waals surface area contributed by atoms with Gasteiger partial charge in [0.05, 0.1) is 32.0 Å². The molecule has 0 saturated carbocycles. The van der Waals surface area contributed by atoms with Crippen LogP contribution in [0, 0.1) is 17.6 Å². The van der Waals surface area contributed by atoms with Crippen LogP contribution in [0.15, 0.2) is 60.9 Å². The molecule has 0 fully saturated rings. The lowest BCUT2D eigenvalue weighted by Gasteiger charge is -2.11. The van der Waals surface area contributed by atoms with Crippen LogP contribution in [-0.4, -0.2) is 52.2 Å². The van der Waals surface area contributed by atoms with Crippen LogP contribution in [0.3, 0.4) is 0 Å². The SMILES string of the molecule is COCCOc1cc(F)c(Cn2nc(-c3ncc(OC)c(Nc4ccnc(F)c4)n3)c3ccccc32)c(F)c1. The van der Waals surface area contributed by atoms with Crippen molar-refractivity contribution in [3.8, 4) is 23.0 Å². The van der Waals surface area contributed by atoms with E-state index in [0.717, 1.165) is 12.1 Å². The Labute approximate surface area is 221 Å².